The molecule has 0 aliphatic rings. The molecule has 2 aromatic rings. The Balaban J connectivity index is 2.95. The third-order valence-corrected chi connectivity index (χ3v) is 2.15. The second-order valence-electron chi connectivity index (χ2n) is 2.50. The molecule has 0 radical (unpaired) electrons. The van der Waals surface area contributed by atoms with E-state index in [1.165, 1.54) is 6.20 Å². The molecule has 3 nitrogen and oxygen atoms in total. The maximum Gasteiger partial charge on any atom is 0.209 e. The number of rotatable bonds is 0. The summed E-state index contributed by atoms with van der Waals surface area (Å²) in [4.78, 5) is 18.1. The number of nitrogens with zero attached hydrogens (tertiary/aromatic N) is 1. The molecule has 0 spiro atoms. The van der Waals surface area contributed by atoms with E-state index in [-0.39, 0.29) is 10.5 Å². The number of fused-ring (bicyclic) bond motifs is 1. The molecule has 0 atom stereocenters. The van der Waals surface area contributed by atoms with Crippen LogP contribution in [-0.4, -0.2) is 9.97 Å². The minimum Gasteiger partial charge on any atom is -0.344 e. The van der Waals surface area contributed by atoms with E-state index in [0.717, 1.165) is 0 Å². The van der Waals surface area contributed by atoms with Crippen molar-refractivity contribution in [2.45, 2.75) is 0 Å². The van der Waals surface area contributed by atoms with Gasteiger partial charge in [-0.15, -0.1) is 0 Å². The maximum absolute atomic E-state index is 11.4. The average molecular weight is 215 g/mol. The molecule has 0 saturated carbocycles. The number of hydrogen-bond acceptors (Lipinski definition) is 2. The number of H-pyrrole nitrogens is 1. The quantitative estimate of drug-likeness (QED) is 0.685. The third kappa shape index (κ3) is 1.41. The predicted octanol–water partition coefficient (Wildman–Crippen LogP) is 2.23. The summed E-state index contributed by atoms with van der Waals surface area (Å²) in [5, 5.41) is 0.930. The highest BCUT2D eigenvalue weighted by Gasteiger charge is 2.03. The van der Waals surface area contributed by atoms with E-state index in [2.05, 4.69) is 9.97 Å². The van der Waals surface area contributed by atoms with Crippen molar-refractivity contribution < 1.29 is 0 Å². The standard InChI is InChI=1S/C8H4Cl2N2O/c9-5-3-11-8-4(7(5)13)1-2-6(10)12-8/h1-3H,(H,11,12,13). The first kappa shape index (κ1) is 8.53. The molecule has 0 aliphatic carbocycles. The van der Waals surface area contributed by atoms with Gasteiger partial charge >= 0.3 is 0 Å². The molecule has 0 aliphatic heterocycles. The number of nitrogens with one attached hydrogen (secondary N) is 1. The van der Waals surface area contributed by atoms with Crippen molar-refractivity contribution in [3.63, 3.8) is 0 Å². The van der Waals surface area contributed by atoms with Crippen molar-refractivity contribution in [2.75, 3.05) is 0 Å². The summed E-state index contributed by atoms with van der Waals surface area (Å²) >= 11 is 11.3. The second-order valence-corrected chi connectivity index (χ2v) is 3.29. The summed E-state index contributed by atoms with van der Waals surface area (Å²) in [6, 6.07) is 3.14. The summed E-state index contributed by atoms with van der Waals surface area (Å²) in [7, 11) is 0. The van der Waals surface area contributed by atoms with Gasteiger partial charge in [0, 0.05) is 6.20 Å². The summed E-state index contributed by atoms with van der Waals surface area (Å²) in [5.74, 6) is 0. The van der Waals surface area contributed by atoms with Crippen LogP contribution in [0.2, 0.25) is 10.2 Å². The fourth-order valence-corrected chi connectivity index (χ4v) is 1.36. The molecule has 1 N–H and O–H groups in total. The van der Waals surface area contributed by atoms with E-state index in [9.17, 15) is 4.79 Å². The molecule has 0 saturated heterocycles. The van der Waals surface area contributed by atoms with Crippen LogP contribution in [0, 0.1) is 0 Å². The molecule has 0 unspecified atom stereocenters. The minimum atomic E-state index is -0.236. The van der Waals surface area contributed by atoms with Crippen LogP contribution in [0.25, 0.3) is 11.0 Å². The van der Waals surface area contributed by atoms with Crippen molar-refractivity contribution in [3.05, 3.63) is 38.7 Å². The first-order valence-corrected chi connectivity index (χ1v) is 4.27. The van der Waals surface area contributed by atoms with Gasteiger partial charge in [0.1, 0.15) is 15.8 Å². The van der Waals surface area contributed by atoms with Crippen molar-refractivity contribution in [1.82, 2.24) is 9.97 Å². The topological polar surface area (TPSA) is 45.8 Å². The SMILES string of the molecule is O=c1c(Cl)c[nH]c2nc(Cl)ccc12. The smallest absolute Gasteiger partial charge is 0.209 e. The third-order valence-electron chi connectivity index (χ3n) is 1.66. The maximum atomic E-state index is 11.4. The van der Waals surface area contributed by atoms with Gasteiger partial charge in [-0.2, -0.15) is 0 Å². The second kappa shape index (κ2) is 3.01. The Labute approximate surface area is 83.3 Å². The van der Waals surface area contributed by atoms with Crippen LogP contribution in [0.15, 0.2) is 23.1 Å². The highest BCUT2D eigenvalue weighted by atomic mass is 35.5. The van der Waals surface area contributed by atoms with Gasteiger partial charge in [-0.1, -0.05) is 23.2 Å². The van der Waals surface area contributed by atoms with Gasteiger partial charge in [0.25, 0.3) is 0 Å². The number of aromatic nitrogens is 2. The lowest BCUT2D eigenvalue weighted by Crippen LogP contribution is -2.03. The molecule has 0 aromatic carbocycles. The van der Waals surface area contributed by atoms with Crippen LogP contribution in [-0.2, 0) is 0 Å². The van der Waals surface area contributed by atoms with E-state index in [4.69, 9.17) is 23.2 Å². The molecule has 66 valence electrons. The van der Waals surface area contributed by atoms with Gasteiger partial charge in [-0.25, -0.2) is 4.98 Å². The zero-order chi connectivity index (χ0) is 9.42. The van der Waals surface area contributed by atoms with Crippen LogP contribution in [0.5, 0.6) is 0 Å². The van der Waals surface area contributed by atoms with Crippen LogP contribution in [0.4, 0.5) is 0 Å². The Bertz CT molecular complexity index is 521. The van der Waals surface area contributed by atoms with Crippen molar-refractivity contribution in [2.24, 2.45) is 0 Å². The number of hydrogen-bond donors (Lipinski definition) is 1. The van der Waals surface area contributed by atoms with Gasteiger partial charge in [0.2, 0.25) is 5.43 Å². The Morgan fingerprint density at radius 2 is 2.08 bits per heavy atom. The average Bonchev–Trinajstić information content (AvgIpc) is 2.12. The summed E-state index contributed by atoms with van der Waals surface area (Å²) in [5.41, 5.74) is 0.210. The van der Waals surface area contributed by atoms with Gasteiger partial charge in [0.15, 0.2) is 0 Å². The predicted molar refractivity (Wildman–Crippen MR) is 52.4 cm³/mol. The largest absolute Gasteiger partial charge is 0.344 e. The zero-order valence-electron chi connectivity index (χ0n) is 6.34. The van der Waals surface area contributed by atoms with E-state index >= 15 is 0 Å². The normalized spacial score (nSPS) is 10.6. The van der Waals surface area contributed by atoms with Gasteiger partial charge in [0.05, 0.1) is 5.39 Å². The summed E-state index contributed by atoms with van der Waals surface area (Å²) in [6.07, 6.45) is 1.40. The lowest BCUT2D eigenvalue weighted by molar-refractivity contribution is 1.28. The van der Waals surface area contributed by atoms with Crippen molar-refractivity contribution in [1.29, 1.82) is 0 Å². The minimum absolute atomic E-state index is 0.150. The molecule has 0 bridgehead atoms. The molecular formula is C8H4Cl2N2O. The Kier molecular flexibility index (Phi) is 1.98. The molecule has 13 heavy (non-hydrogen) atoms. The summed E-state index contributed by atoms with van der Waals surface area (Å²) in [6.45, 7) is 0. The molecule has 5 heteroatoms. The first-order chi connectivity index (χ1) is 6.18. The fourth-order valence-electron chi connectivity index (χ4n) is 1.05. The lowest BCUT2D eigenvalue weighted by atomic mass is 10.3. The van der Waals surface area contributed by atoms with Gasteiger partial charge in [-0.05, 0) is 12.1 Å². The molecular weight excluding hydrogens is 211 g/mol. The van der Waals surface area contributed by atoms with Crippen LogP contribution >= 0.6 is 23.2 Å². The zero-order valence-corrected chi connectivity index (χ0v) is 7.86. The van der Waals surface area contributed by atoms with Crippen molar-refractivity contribution in [3.8, 4) is 0 Å². The first-order valence-electron chi connectivity index (χ1n) is 3.52. The lowest BCUT2D eigenvalue weighted by Gasteiger charge is -1.96. The molecule has 2 heterocycles. The van der Waals surface area contributed by atoms with Crippen LogP contribution in [0.1, 0.15) is 0 Å². The highest BCUT2D eigenvalue weighted by Crippen LogP contribution is 2.11. The van der Waals surface area contributed by atoms with E-state index < -0.39 is 0 Å². The van der Waals surface area contributed by atoms with Crippen LogP contribution < -0.4 is 5.43 Å². The molecule has 2 aromatic heterocycles. The Hall–Kier alpha value is -1.06. The van der Waals surface area contributed by atoms with Crippen LogP contribution in [0.3, 0.4) is 0 Å². The Morgan fingerprint density at radius 1 is 1.31 bits per heavy atom. The number of aromatic amines is 1. The number of halogens is 2. The monoisotopic (exact) mass is 214 g/mol. The van der Waals surface area contributed by atoms with Crippen molar-refractivity contribution >= 4 is 34.2 Å². The van der Waals surface area contributed by atoms with Gasteiger partial charge < -0.3 is 4.98 Å². The Morgan fingerprint density at radius 3 is 2.85 bits per heavy atom. The van der Waals surface area contributed by atoms with E-state index in [1.54, 1.807) is 12.1 Å². The fraction of sp³-hybridized carbons (Fsp3) is 0. The molecule has 2 rings (SSSR count). The highest BCUT2D eigenvalue weighted by molar-refractivity contribution is 6.31. The number of pyridine rings is 2. The van der Waals surface area contributed by atoms with Gasteiger partial charge in [-0.3, -0.25) is 4.79 Å². The van der Waals surface area contributed by atoms with E-state index in [0.29, 0.717) is 16.2 Å². The molecule has 0 fully saturated rings. The summed E-state index contributed by atoms with van der Waals surface area (Å²) < 4.78 is 0. The molecule has 0 amide bonds. The van der Waals surface area contributed by atoms with E-state index in [1.807, 2.05) is 0 Å².